The van der Waals surface area contributed by atoms with Crippen LogP contribution in [0.1, 0.15) is 5.56 Å². The molecule has 0 bridgehead atoms. The van der Waals surface area contributed by atoms with E-state index in [4.69, 9.17) is 9.57 Å². The number of ether oxygens (including phenoxy) is 1. The Morgan fingerprint density at radius 3 is 2.25 bits per heavy atom. The summed E-state index contributed by atoms with van der Waals surface area (Å²) >= 11 is 0. The van der Waals surface area contributed by atoms with Crippen molar-refractivity contribution in [3.8, 4) is 28.7 Å². The number of pyridine rings is 1. The van der Waals surface area contributed by atoms with E-state index in [-0.39, 0.29) is 5.56 Å². The van der Waals surface area contributed by atoms with Gasteiger partial charge in [0.2, 0.25) is 12.0 Å². The molecule has 1 heterocycles. The fourth-order valence-electron chi connectivity index (χ4n) is 2.30. The van der Waals surface area contributed by atoms with E-state index in [0.29, 0.717) is 16.9 Å². The van der Waals surface area contributed by atoms with Crippen molar-refractivity contribution < 1.29 is 18.7 Å². The highest BCUT2D eigenvalue weighted by Crippen LogP contribution is 2.27. The van der Waals surface area contributed by atoms with Gasteiger partial charge in [-0.2, -0.15) is 9.65 Å². The van der Waals surface area contributed by atoms with Gasteiger partial charge >= 0.3 is 0 Å². The van der Waals surface area contributed by atoms with Crippen LogP contribution in [0.3, 0.4) is 0 Å². The first kappa shape index (κ1) is 15.5. The summed E-state index contributed by atoms with van der Waals surface area (Å²) in [5.41, 5.74) is 1.11. The van der Waals surface area contributed by atoms with E-state index >= 15 is 0 Å². The molecule has 2 aromatic carbocycles. The average molecular weight is 321 g/mol. The third kappa shape index (κ3) is 3.18. The summed E-state index contributed by atoms with van der Waals surface area (Å²) in [6.07, 6.45) is 2.68. The Labute approximate surface area is 138 Å². The van der Waals surface area contributed by atoms with Gasteiger partial charge in [0.25, 0.3) is 6.20 Å². The highest BCUT2D eigenvalue weighted by molar-refractivity contribution is 5.69. The minimum atomic E-state index is -0.638. The summed E-state index contributed by atoms with van der Waals surface area (Å²) in [5, 5.41) is 9.21. The Morgan fingerprint density at radius 2 is 1.62 bits per heavy atom. The van der Waals surface area contributed by atoms with E-state index in [9.17, 15) is 9.65 Å². The predicted octanol–water partition coefficient (Wildman–Crippen LogP) is 3.50. The quantitative estimate of drug-likeness (QED) is 0.691. The van der Waals surface area contributed by atoms with E-state index in [0.717, 1.165) is 11.9 Å². The highest BCUT2D eigenvalue weighted by Gasteiger charge is 2.18. The Balaban J connectivity index is 1.94. The minimum Gasteiger partial charge on any atom is -0.457 e. The molecule has 3 rings (SSSR count). The normalized spacial score (nSPS) is 10.0. The molecular weight excluding hydrogens is 307 g/mol. The standard InChI is InChI=1S/C19H14FN2O2/c1-23-22-12-18(17(11-21)19(20)13-22)14-7-9-16(10-8-14)24-15-5-3-2-4-6-15/h2-10,12-13H,1H3/q+1. The third-order valence-corrected chi connectivity index (χ3v) is 3.47. The minimum absolute atomic E-state index is 0.0278. The number of hydrogen-bond acceptors (Lipinski definition) is 3. The van der Waals surface area contributed by atoms with Crippen LogP contribution in [-0.2, 0) is 0 Å². The lowest BCUT2D eigenvalue weighted by Crippen LogP contribution is -2.40. The van der Waals surface area contributed by atoms with Gasteiger partial charge in [-0.05, 0) is 29.8 Å². The molecule has 0 saturated carbocycles. The van der Waals surface area contributed by atoms with Gasteiger partial charge in [-0.3, -0.25) is 4.84 Å². The van der Waals surface area contributed by atoms with Gasteiger partial charge in [-0.15, -0.1) is 0 Å². The maximum atomic E-state index is 14.0. The van der Waals surface area contributed by atoms with Crippen molar-refractivity contribution in [2.45, 2.75) is 0 Å². The van der Waals surface area contributed by atoms with Crippen LogP contribution in [0.25, 0.3) is 11.1 Å². The van der Waals surface area contributed by atoms with Crippen LogP contribution in [0.4, 0.5) is 4.39 Å². The van der Waals surface area contributed by atoms with Crippen molar-refractivity contribution in [3.05, 3.63) is 78.4 Å². The average Bonchev–Trinajstić information content (AvgIpc) is 2.62. The molecule has 0 aliphatic rings. The highest BCUT2D eigenvalue weighted by atomic mass is 19.1. The van der Waals surface area contributed by atoms with Crippen molar-refractivity contribution in [1.82, 2.24) is 0 Å². The van der Waals surface area contributed by atoms with Crippen molar-refractivity contribution in [2.24, 2.45) is 0 Å². The first-order chi connectivity index (χ1) is 11.7. The summed E-state index contributed by atoms with van der Waals surface area (Å²) in [7, 11) is 1.42. The van der Waals surface area contributed by atoms with Gasteiger partial charge in [0, 0.05) is 4.73 Å². The van der Waals surface area contributed by atoms with E-state index in [1.165, 1.54) is 11.8 Å². The summed E-state index contributed by atoms with van der Waals surface area (Å²) in [6, 6.07) is 18.4. The number of rotatable bonds is 4. The summed E-state index contributed by atoms with van der Waals surface area (Å²) in [6.45, 7) is 0. The first-order valence-corrected chi connectivity index (χ1v) is 7.24. The molecule has 1 aromatic heterocycles. The summed E-state index contributed by atoms with van der Waals surface area (Å²) in [5.74, 6) is 0.742. The molecule has 3 aromatic rings. The number of hydrogen-bond donors (Lipinski definition) is 0. The Hall–Kier alpha value is -3.39. The molecule has 0 atom stereocenters. The zero-order chi connectivity index (χ0) is 16.9. The molecule has 0 aliphatic carbocycles. The Bertz CT molecular complexity index is 888. The van der Waals surface area contributed by atoms with Gasteiger partial charge in [0.1, 0.15) is 30.2 Å². The van der Waals surface area contributed by atoms with Crippen LogP contribution in [0.5, 0.6) is 11.5 Å². The molecule has 0 saturated heterocycles. The van der Waals surface area contributed by atoms with E-state index in [1.807, 2.05) is 36.4 Å². The zero-order valence-corrected chi connectivity index (χ0v) is 12.9. The lowest BCUT2D eigenvalue weighted by molar-refractivity contribution is -0.886. The monoisotopic (exact) mass is 321 g/mol. The van der Waals surface area contributed by atoms with E-state index < -0.39 is 5.82 Å². The number of benzene rings is 2. The number of aromatic nitrogens is 1. The fourth-order valence-corrected chi connectivity index (χ4v) is 2.30. The Kier molecular flexibility index (Phi) is 4.39. The smallest absolute Gasteiger partial charge is 0.259 e. The number of halogens is 1. The van der Waals surface area contributed by atoms with Crippen LogP contribution in [-0.4, -0.2) is 7.11 Å². The van der Waals surface area contributed by atoms with Crippen LogP contribution < -0.4 is 14.3 Å². The maximum absolute atomic E-state index is 14.0. The van der Waals surface area contributed by atoms with Crippen LogP contribution in [0, 0.1) is 17.1 Å². The van der Waals surface area contributed by atoms with Crippen molar-refractivity contribution in [1.29, 1.82) is 5.26 Å². The molecule has 0 spiro atoms. The molecule has 118 valence electrons. The molecule has 0 unspecified atom stereocenters. The van der Waals surface area contributed by atoms with Gasteiger partial charge in [-0.1, -0.05) is 30.3 Å². The van der Waals surface area contributed by atoms with Gasteiger partial charge in [0.15, 0.2) is 0 Å². The van der Waals surface area contributed by atoms with Crippen LogP contribution in [0.15, 0.2) is 67.0 Å². The Morgan fingerprint density at radius 1 is 0.958 bits per heavy atom. The van der Waals surface area contributed by atoms with E-state index in [2.05, 4.69) is 0 Å². The number of nitrogens with zero attached hydrogens (tertiary/aromatic N) is 2. The van der Waals surface area contributed by atoms with Gasteiger partial charge in [-0.25, -0.2) is 0 Å². The van der Waals surface area contributed by atoms with E-state index in [1.54, 1.807) is 30.5 Å². The molecular formula is C19H14FN2O2+. The van der Waals surface area contributed by atoms with Crippen LogP contribution >= 0.6 is 0 Å². The lowest BCUT2D eigenvalue weighted by Gasteiger charge is -2.07. The van der Waals surface area contributed by atoms with Gasteiger partial charge in [0.05, 0.1) is 5.56 Å². The molecule has 0 aliphatic heterocycles. The SMILES string of the molecule is CO[n+]1cc(F)c(C#N)c(-c2ccc(Oc3ccccc3)cc2)c1. The fraction of sp³-hybridized carbons (Fsp3) is 0.0526. The molecule has 0 amide bonds. The molecule has 24 heavy (non-hydrogen) atoms. The summed E-state index contributed by atoms with van der Waals surface area (Å²) < 4.78 is 20.9. The molecule has 0 N–H and O–H groups in total. The number of nitriles is 1. The van der Waals surface area contributed by atoms with Gasteiger partial charge < -0.3 is 4.74 Å². The second kappa shape index (κ2) is 6.80. The van der Waals surface area contributed by atoms with Crippen molar-refractivity contribution in [2.75, 3.05) is 7.11 Å². The first-order valence-electron chi connectivity index (χ1n) is 7.24. The molecule has 0 radical (unpaired) electrons. The zero-order valence-electron chi connectivity index (χ0n) is 12.9. The summed E-state index contributed by atoms with van der Waals surface area (Å²) in [4.78, 5) is 5.00. The molecule has 5 heteroatoms. The van der Waals surface area contributed by atoms with Crippen LogP contribution in [0.2, 0.25) is 0 Å². The largest absolute Gasteiger partial charge is 0.457 e. The molecule has 0 fully saturated rings. The second-order valence-corrected chi connectivity index (χ2v) is 4.99. The number of para-hydroxylation sites is 1. The predicted molar refractivity (Wildman–Crippen MR) is 85.8 cm³/mol. The topological polar surface area (TPSA) is 46.1 Å². The lowest BCUT2D eigenvalue weighted by atomic mass is 10.0. The maximum Gasteiger partial charge on any atom is 0.259 e. The van der Waals surface area contributed by atoms with Crippen molar-refractivity contribution in [3.63, 3.8) is 0 Å². The van der Waals surface area contributed by atoms with Crippen molar-refractivity contribution >= 4 is 0 Å². The second-order valence-electron chi connectivity index (χ2n) is 4.99. The third-order valence-electron chi connectivity index (χ3n) is 3.47. The molecule has 4 nitrogen and oxygen atoms in total.